The Bertz CT molecular complexity index is 1400. The molecule has 4 rings (SSSR count). The quantitative estimate of drug-likeness (QED) is 0.242. The second-order valence-electron chi connectivity index (χ2n) is 8.71. The molecule has 2 amide bonds. The summed E-state index contributed by atoms with van der Waals surface area (Å²) in [6, 6.07) is 16.0. The second kappa shape index (κ2) is 12.6. The number of hydrogen-bond donors (Lipinski definition) is 1. The maximum Gasteiger partial charge on any atom is 0.329 e. The van der Waals surface area contributed by atoms with Crippen molar-refractivity contribution in [1.82, 2.24) is 14.6 Å². The number of sulfonamides is 1. The minimum absolute atomic E-state index is 0.0682. The summed E-state index contributed by atoms with van der Waals surface area (Å²) in [5.41, 5.74) is 2.95. The first kappa shape index (κ1) is 27.8. The number of rotatable bonds is 8. The van der Waals surface area contributed by atoms with Crippen LogP contribution < -0.4 is 5.43 Å². The third kappa shape index (κ3) is 7.22. The normalized spacial score (nSPS) is 14.2. The zero-order valence-corrected chi connectivity index (χ0v) is 22.7. The van der Waals surface area contributed by atoms with Crippen molar-refractivity contribution in [2.75, 3.05) is 13.1 Å². The lowest BCUT2D eigenvalue weighted by Gasteiger charge is -2.25. The highest BCUT2D eigenvalue weighted by atomic mass is 35.5. The molecule has 38 heavy (non-hydrogen) atoms. The number of hydrogen-bond acceptors (Lipinski definition) is 6. The Morgan fingerprint density at radius 1 is 0.921 bits per heavy atom. The number of nitrogens with one attached hydrogen (secondary N) is 1. The smallest absolute Gasteiger partial charge is 0.329 e. The van der Waals surface area contributed by atoms with E-state index in [-0.39, 0.29) is 23.7 Å². The third-order valence-electron chi connectivity index (χ3n) is 5.93. The van der Waals surface area contributed by atoms with Gasteiger partial charge < -0.3 is 9.32 Å². The van der Waals surface area contributed by atoms with Gasteiger partial charge in [-0.15, -0.1) is 0 Å². The van der Waals surface area contributed by atoms with Gasteiger partial charge in [-0.3, -0.25) is 9.59 Å². The molecule has 1 fully saturated rings. The molecule has 2 heterocycles. The second-order valence-corrected chi connectivity index (χ2v) is 11.5. The maximum absolute atomic E-state index is 13.5. The summed E-state index contributed by atoms with van der Waals surface area (Å²) in [5, 5.41) is 4.77. The average molecular weight is 577 g/mol. The van der Waals surface area contributed by atoms with E-state index in [0.717, 1.165) is 24.8 Å². The molecule has 9 nitrogen and oxygen atoms in total. The largest absolute Gasteiger partial charge is 0.459 e. The van der Waals surface area contributed by atoms with Crippen molar-refractivity contribution in [3.8, 4) is 0 Å². The van der Waals surface area contributed by atoms with E-state index < -0.39 is 21.8 Å². The highest BCUT2D eigenvalue weighted by Crippen LogP contribution is 2.24. The molecular formula is C26H26Cl2N4O5S. The molecular weight excluding hydrogens is 551 g/mol. The van der Waals surface area contributed by atoms with Gasteiger partial charge in [0.2, 0.25) is 10.0 Å². The zero-order valence-electron chi connectivity index (χ0n) is 20.3. The minimum atomic E-state index is -3.91. The van der Waals surface area contributed by atoms with Crippen molar-refractivity contribution in [2.24, 2.45) is 5.10 Å². The molecule has 0 unspecified atom stereocenters. The van der Waals surface area contributed by atoms with Crippen molar-refractivity contribution in [3.63, 3.8) is 0 Å². The van der Waals surface area contributed by atoms with Crippen LogP contribution in [0.4, 0.5) is 0 Å². The number of furan rings is 1. The molecule has 200 valence electrons. The first-order chi connectivity index (χ1) is 18.2. The molecule has 1 N–H and O–H groups in total. The van der Waals surface area contributed by atoms with Gasteiger partial charge in [0.1, 0.15) is 11.5 Å². The average Bonchev–Trinajstić information content (AvgIpc) is 3.37. The number of likely N-dealkylation sites (tertiary alicyclic amines) is 1. The SMILES string of the molecule is O=C(N/N=C/c1ccc(CN(Cc2ccc(Cl)cc2)S(=O)(=O)c2ccc(Cl)cc2)o1)C(=O)N1CCCCC1. The number of carbonyl (C=O) groups excluding carboxylic acids is 2. The summed E-state index contributed by atoms with van der Waals surface area (Å²) in [6.45, 7) is 1.12. The third-order valence-corrected chi connectivity index (χ3v) is 8.24. The van der Waals surface area contributed by atoms with Crippen molar-refractivity contribution in [1.29, 1.82) is 0 Å². The van der Waals surface area contributed by atoms with Gasteiger partial charge in [-0.1, -0.05) is 35.3 Å². The van der Waals surface area contributed by atoms with Crippen molar-refractivity contribution in [2.45, 2.75) is 37.2 Å². The van der Waals surface area contributed by atoms with Gasteiger partial charge in [0.15, 0.2) is 0 Å². The molecule has 1 aliphatic heterocycles. The van der Waals surface area contributed by atoms with Gasteiger partial charge in [-0.05, 0) is 73.4 Å². The van der Waals surface area contributed by atoms with E-state index in [1.54, 1.807) is 36.4 Å². The first-order valence-corrected chi connectivity index (χ1v) is 14.1. The predicted octanol–water partition coefficient (Wildman–Crippen LogP) is 4.44. The summed E-state index contributed by atoms with van der Waals surface area (Å²) in [4.78, 5) is 25.9. The lowest BCUT2D eigenvalue weighted by atomic mass is 10.1. The number of halogens is 2. The molecule has 12 heteroatoms. The van der Waals surface area contributed by atoms with Crippen LogP contribution in [0.25, 0.3) is 0 Å². The Morgan fingerprint density at radius 3 is 2.21 bits per heavy atom. The summed E-state index contributed by atoms with van der Waals surface area (Å²) < 4.78 is 34.0. The van der Waals surface area contributed by atoms with Crippen molar-refractivity contribution < 1.29 is 22.4 Å². The number of piperidine rings is 1. The van der Waals surface area contributed by atoms with Crippen LogP contribution in [0.2, 0.25) is 10.0 Å². The Balaban J connectivity index is 1.46. The van der Waals surface area contributed by atoms with E-state index in [9.17, 15) is 18.0 Å². The van der Waals surface area contributed by atoms with E-state index in [0.29, 0.717) is 28.9 Å². The Labute approximate surface area is 231 Å². The van der Waals surface area contributed by atoms with Crippen LogP contribution in [0.15, 0.2) is 75.1 Å². The molecule has 0 aliphatic carbocycles. The van der Waals surface area contributed by atoms with Crippen molar-refractivity contribution >= 4 is 51.3 Å². The van der Waals surface area contributed by atoms with Gasteiger partial charge >= 0.3 is 11.8 Å². The maximum atomic E-state index is 13.5. The van der Waals surface area contributed by atoms with Crippen LogP contribution in [-0.4, -0.2) is 48.7 Å². The number of carbonyl (C=O) groups is 2. The molecule has 2 aromatic carbocycles. The summed E-state index contributed by atoms with van der Waals surface area (Å²) in [7, 11) is -3.91. The predicted molar refractivity (Wildman–Crippen MR) is 144 cm³/mol. The molecule has 1 aromatic heterocycles. The molecule has 1 saturated heterocycles. The number of hydrazone groups is 1. The van der Waals surface area contributed by atoms with Gasteiger partial charge in [0.25, 0.3) is 0 Å². The summed E-state index contributed by atoms with van der Waals surface area (Å²) in [6.07, 6.45) is 4.05. The van der Waals surface area contributed by atoms with E-state index in [4.69, 9.17) is 27.6 Å². The molecule has 1 aliphatic rings. The van der Waals surface area contributed by atoms with Gasteiger partial charge in [-0.25, -0.2) is 13.8 Å². The van der Waals surface area contributed by atoms with Crippen LogP contribution >= 0.6 is 23.2 Å². The summed E-state index contributed by atoms with van der Waals surface area (Å²) in [5.74, 6) is -0.805. The fourth-order valence-corrected chi connectivity index (χ4v) is 5.59. The summed E-state index contributed by atoms with van der Waals surface area (Å²) >= 11 is 11.9. The molecule has 0 radical (unpaired) electrons. The van der Waals surface area contributed by atoms with E-state index in [1.165, 1.54) is 39.7 Å². The Hall–Kier alpha value is -3.18. The van der Waals surface area contributed by atoms with Crippen LogP contribution in [-0.2, 0) is 32.7 Å². The Kier molecular flexibility index (Phi) is 9.22. The van der Waals surface area contributed by atoms with Gasteiger partial charge in [-0.2, -0.15) is 9.41 Å². The lowest BCUT2D eigenvalue weighted by molar-refractivity contribution is -0.146. The van der Waals surface area contributed by atoms with Crippen LogP contribution in [0, 0.1) is 0 Å². The van der Waals surface area contributed by atoms with Crippen molar-refractivity contribution in [3.05, 3.63) is 87.8 Å². The van der Waals surface area contributed by atoms with Crippen LogP contribution in [0.3, 0.4) is 0 Å². The molecule has 0 spiro atoms. The van der Waals surface area contributed by atoms with E-state index in [1.807, 2.05) is 0 Å². The highest BCUT2D eigenvalue weighted by Gasteiger charge is 2.26. The molecule has 0 bridgehead atoms. The van der Waals surface area contributed by atoms with E-state index in [2.05, 4.69) is 10.5 Å². The van der Waals surface area contributed by atoms with Crippen LogP contribution in [0.5, 0.6) is 0 Å². The fraction of sp³-hybridized carbons (Fsp3) is 0.269. The monoisotopic (exact) mass is 576 g/mol. The molecule has 0 saturated carbocycles. The number of benzene rings is 2. The zero-order chi connectivity index (χ0) is 27.1. The molecule has 0 atom stereocenters. The van der Waals surface area contributed by atoms with Crippen LogP contribution in [0.1, 0.15) is 36.3 Å². The standard InChI is InChI=1S/C26H26Cl2N4O5S/c27-20-6-4-19(5-7-20)17-32(38(35,36)24-12-8-21(28)9-13-24)18-23-11-10-22(37-23)16-29-30-25(33)26(34)31-14-2-1-3-15-31/h4-13,16H,1-3,14-15,17-18H2,(H,30,33)/b29-16+. The van der Waals surface area contributed by atoms with E-state index >= 15 is 0 Å². The number of nitrogens with zero attached hydrogens (tertiary/aromatic N) is 3. The minimum Gasteiger partial charge on any atom is -0.459 e. The lowest BCUT2D eigenvalue weighted by Crippen LogP contribution is -2.43. The fourth-order valence-electron chi connectivity index (χ4n) is 3.94. The Morgan fingerprint density at radius 2 is 1.55 bits per heavy atom. The number of amides is 2. The van der Waals surface area contributed by atoms with Gasteiger partial charge in [0.05, 0.1) is 17.7 Å². The first-order valence-electron chi connectivity index (χ1n) is 11.9. The van der Waals surface area contributed by atoms with Gasteiger partial charge in [0, 0.05) is 29.7 Å². The topological polar surface area (TPSA) is 112 Å². The highest BCUT2D eigenvalue weighted by molar-refractivity contribution is 7.89. The molecule has 3 aromatic rings.